The zero-order valence-corrected chi connectivity index (χ0v) is 11.3. The lowest BCUT2D eigenvalue weighted by Gasteiger charge is -2.19. The molecule has 1 heterocycles. The Hall–Kier alpha value is -1.73. The van der Waals surface area contributed by atoms with E-state index in [1.807, 2.05) is 0 Å². The lowest BCUT2D eigenvalue weighted by atomic mass is 10.1. The summed E-state index contributed by atoms with van der Waals surface area (Å²) >= 11 is 3.21. The number of carbonyl (C=O) groups is 3. The number of halogens is 1. The lowest BCUT2D eigenvalue weighted by molar-refractivity contribution is -0.139. The molecule has 6 nitrogen and oxygen atoms in total. The number of aliphatic hydroxyl groups is 1. The molecule has 1 aliphatic heterocycles. The fourth-order valence-corrected chi connectivity index (χ4v) is 2.29. The molecule has 0 aromatic heterocycles. The Morgan fingerprint density at radius 1 is 1.37 bits per heavy atom. The molecule has 100 valence electrons. The fraction of sp³-hybridized carbons (Fsp3) is 0.250. The van der Waals surface area contributed by atoms with Gasteiger partial charge in [-0.25, -0.2) is 0 Å². The number of aliphatic carboxylic acids is 1. The zero-order chi connectivity index (χ0) is 14.2. The van der Waals surface area contributed by atoms with Crippen molar-refractivity contribution >= 4 is 39.3 Å². The number of hydrogen-bond donors (Lipinski definition) is 2. The van der Waals surface area contributed by atoms with Gasteiger partial charge in [0.1, 0.15) is 0 Å². The molecule has 0 fully saturated rings. The highest BCUT2D eigenvalue weighted by molar-refractivity contribution is 9.10. The van der Waals surface area contributed by atoms with Gasteiger partial charge in [0.25, 0.3) is 11.7 Å². The number of amides is 1. The standard InChI is InChI=1S/C12H10BrNO5/c13-6-1-2-9-8(3-6)11(18)12(19)14(9)5-7(15)4-10(16)17/h1-3,7,15H,4-5H2,(H,16,17). The zero-order valence-electron chi connectivity index (χ0n) is 9.67. The normalized spacial score (nSPS) is 15.6. The summed E-state index contributed by atoms with van der Waals surface area (Å²) in [6.45, 7) is -0.217. The van der Waals surface area contributed by atoms with E-state index in [0.29, 0.717) is 10.2 Å². The highest BCUT2D eigenvalue weighted by atomic mass is 79.9. The third kappa shape index (κ3) is 2.66. The maximum atomic E-state index is 11.8. The van der Waals surface area contributed by atoms with E-state index in [0.717, 1.165) is 4.90 Å². The monoisotopic (exact) mass is 327 g/mol. The Morgan fingerprint density at radius 3 is 2.68 bits per heavy atom. The minimum Gasteiger partial charge on any atom is -0.481 e. The topological polar surface area (TPSA) is 94.9 Å². The Morgan fingerprint density at radius 2 is 2.05 bits per heavy atom. The van der Waals surface area contributed by atoms with Crippen molar-refractivity contribution in [2.24, 2.45) is 0 Å². The largest absolute Gasteiger partial charge is 0.481 e. The van der Waals surface area contributed by atoms with Crippen LogP contribution in [0.2, 0.25) is 0 Å². The number of carboxylic acid groups (broad SMARTS) is 1. The minimum absolute atomic E-state index is 0.217. The number of benzene rings is 1. The summed E-state index contributed by atoms with van der Waals surface area (Å²) in [6, 6.07) is 4.77. The molecule has 0 bridgehead atoms. The Bertz CT molecular complexity index is 571. The summed E-state index contributed by atoms with van der Waals surface area (Å²) in [5.41, 5.74) is 0.643. The van der Waals surface area contributed by atoms with E-state index in [9.17, 15) is 19.5 Å². The van der Waals surface area contributed by atoms with Gasteiger partial charge in [-0.05, 0) is 18.2 Å². The number of carboxylic acids is 1. The van der Waals surface area contributed by atoms with Crippen LogP contribution in [-0.4, -0.2) is 40.5 Å². The molecule has 0 saturated carbocycles. The lowest BCUT2D eigenvalue weighted by Crippen LogP contribution is -2.37. The van der Waals surface area contributed by atoms with Crippen LogP contribution in [0.3, 0.4) is 0 Å². The van der Waals surface area contributed by atoms with Crippen LogP contribution in [0.4, 0.5) is 5.69 Å². The van der Waals surface area contributed by atoms with Crippen LogP contribution < -0.4 is 4.90 Å². The number of ketones is 1. The van der Waals surface area contributed by atoms with Gasteiger partial charge in [0.05, 0.1) is 30.3 Å². The van der Waals surface area contributed by atoms with Crippen molar-refractivity contribution in [1.29, 1.82) is 0 Å². The molecule has 0 radical (unpaired) electrons. The van der Waals surface area contributed by atoms with Crippen LogP contribution >= 0.6 is 15.9 Å². The molecule has 1 atom stereocenters. The van der Waals surface area contributed by atoms with Crippen molar-refractivity contribution in [1.82, 2.24) is 0 Å². The van der Waals surface area contributed by atoms with Gasteiger partial charge >= 0.3 is 5.97 Å². The van der Waals surface area contributed by atoms with Gasteiger partial charge < -0.3 is 15.1 Å². The molecule has 1 aromatic carbocycles. The Kier molecular flexibility index (Phi) is 3.68. The third-order valence-corrected chi connectivity index (χ3v) is 3.23. The van der Waals surface area contributed by atoms with Gasteiger partial charge in [-0.3, -0.25) is 14.4 Å². The van der Waals surface area contributed by atoms with Gasteiger partial charge in [0.2, 0.25) is 0 Å². The maximum Gasteiger partial charge on any atom is 0.306 e. The highest BCUT2D eigenvalue weighted by Crippen LogP contribution is 2.31. The number of hydrogen-bond acceptors (Lipinski definition) is 4. The number of Topliss-reactive ketones (excluding diaryl/α,β-unsaturated/α-hetero) is 1. The van der Waals surface area contributed by atoms with Crippen molar-refractivity contribution in [3.63, 3.8) is 0 Å². The number of carbonyl (C=O) groups excluding carboxylic acids is 2. The van der Waals surface area contributed by atoms with E-state index in [4.69, 9.17) is 5.11 Å². The second-order valence-electron chi connectivity index (χ2n) is 4.16. The molecule has 1 amide bonds. The van der Waals surface area contributed by atoms with Gasteiger partial charge in [-0.1, -0.05) is 15.9 Å². The van der Waals surface area contributed by atoms with Gasteiger partial charge in [0, 0.05) is 4.47 Å². The minimum atomic E-state index is -1.22. The van der Waals surface area contributed by atoms with Gasteiger partial charge in [0.15, 0.2) is 0 Å². The van der Waals surface area contributed by atoms with E-state index in [-0.39, 0.29) is 12.1 Å². The second kappa shape index (κ2) is 5.10. The second-order valence-corrected chi connectivity index (χ2v) is 5.07. The summed E-state index contributed by atoms with van der Waals surface area (Å²) in [5.74, 6) is -2.57. The molecule has 1 unspecified atom stereocenters. The summed E-state index contributed by atoms with van der Waals surface area (Å²) < 4.78 is 0.667. The van der Waals surface area contributed by atoms with Crippen molar-refractivity contribution in [3.05, 3.63) is 28.2 Å². The number of nitrogens with zero attached hydrogens (tertiary/aromatic N) is 1. The number of aliphatic hydroxyl groups excluding tert-OH is 1. The Labute approximate surface area is 116 Å². The van der Waals surface area contributed by atoms with Crippen LogP contribution in [0.25, 0.3) is 0 Å². The van der Waals surface area contributed by atoms with Gasteiger partial charge in [-0.15, -0.1) is 0 Å². The molecule has 0 saturated heterocycles. The van der Waals surface area contributed by atoms with Crippen LogP contribution in [0, 0.1) is 0 Å². The smallest absolute Gasteiger partial charge is 0.306 e. The van der Waals surface area contributed by atoms with Crippen molar-refractivity contribution < 1.29 is 24.6 Å². The summed E-state index contributed by atoms with van der Waals surface area (Å²) in [5, 5.41) is 18.1. The number of fused-ring (bicyclic) bond motifs is 1. The molecule has 0 aliphatic carbocycles. The third-order valence-electron chi connectivity index (χ3n) is 2.74. The molecular weight excluding hydrogens is 318 g/mol. The summed E-state index contributed by atoms with van der Waals surface area (Å²) in [4.78, 5) is 35.1. The van der Waals surface area contributed by atoms with E-state index in [2.05, 4.69) is 15.9 Å². The molecule has 2 N–H and O–H groups in total. The molecule has 2 rings (SSSR count). The van der Waals surface area contributed by atoms with Crippen LogP contribution in [0.15, 0.2) is 22.7 Å². The van der Waals surface area contributed by atoms with E-state index >= 15 is 0 Å². The van der Waals surface area contributed by atoms with Crippen LogP contribution in [0.5, 0.6) is 0 Å². The van der Waals surface area contributed by atoms with E-state index in [1.54, 1.807) is 12.1 Å². The van der Waals surface area contributed by atoms with Gasteiger partial charge in [-0.2, -0.15) is 0 Å². The number of rotatable bonds is 4. The first-order valence-electron chi connectivity index (χ1n) is 5.45. The number of β-amino-alcohol motifs (C(OH)–C–C–N with tert-alkyl or cyclic N) is 1. The van der Waals surface area contributed by atoms with E-state index < -0.39 is 30.2 Å². The first kappa shape index (κ1) is 13.7. The SMILES string of the molecule is O=C(O)CC(O)CN1C(=O)C(=O)c2cc(Br)ccc21. The molecular formula is C12H10BrNO5. The molecule has 19 heavy (non-hydrogen) atoms. The first-order chi connectivity index (χ1) is 8.90. The highest BCUT2D eigenvalue weighted by Gasteiger charge is 2.36. The maximum absolute atomic E-state index is 11.8. The molecule has 1 aromatic rings. The average molecular weight is 328 g/mol. The van der Waals surface area contributed by atoms with E-state index in [1.165, 1.54) is 6.07 Å². The molecule has 1 aliphatic rings. The molecule has 7 heteroatoms. The first-order valence-corrected chi connectivity index (χ1v) is 6.25. The van der Waals surface area contributed by atoms with Crippen LogP contribution in [0.1, 0.15) is 16.8 Å². The predicted octanol–water partition coefficient (Wildman–Crippen LogP) is 0.814. The summed E-state index contributed by atoms with van der Waals surface area (Å²) in [7, 11) is 0. The van der Waals surface area contributed by atoms with Crippen molar-refractivity contribution in [3.8, 4) is 0 Å². The van der Waals surface area contributed by atoms with Crippen molar-refractivity contribution in [2.75, 3.05) is 11.4 Å². The van der Waals surface area contributed by atoms with Crippen LogP contribution in [-0.2, 0) is 9.59 Å². The van der Waals surface area contributed by atoms with Crippen molar-refractivity contribution in [2.45, 2.75) is 12.5 Å². The predicted molar refractivity (Wildman–Crippen MR) is 69.1 cm³/mol. The fourth-order valence-electron chi connectivity index (χ4n) is 1.93. The average Bonchev–Trinajstić information content (AvgIpc) is 2.53. The summed E-state index contributed by atoms with van der Waals surface area (Å²) in [6.07, 6.45) is -1.70. The Balaban J connectivity index is 2.26. The molecule has 0 spiro atoms. The number of anilines is 1. The quantitative estimate of drug-likeness (QED) is 0.798.